The van der Waals surface area contributed by atoms with Crippen molar-refractivity contribution in [3.8, 4) is 0 Å². The van der Waals surface area contributed by atoms with Gasteiger partial charge in [-0.2, -0.15) is 0 Å². The summed E-state index contributed by atoms with van der Waals surface area (Å²) in [6.07, 6.45) is 4.71. The number of aromatic nitrogens is 2. The molecule has 6 nitrogen and oxygen atoms in total. The molecule has 0 unspecified atom stereocenters. The van der Waals surface area contributed by atoms with Crippen LogP contribution in [0.1, 0.15) is 90.3 Å². The van der Waals surface area contributed by atoms with Crippen molar-refractivity contribution in [2.45, 2.75) is 72.3 Å². The highest BCUT2D eigenvalue weighted by atomic mass is 16.2. The fourth-order valence-electron chi connectivity index (χ4n) is 3.87. The Morgan fingerprint density at radius 1 is 1.21 bits per heavy atom. The summed E-state index contributed by atoms with van der Waals surface area (Å²) in [4.78, 5) is 30.4. The van der Waals surface area contributed by atoms with E-state index < -0.39 is 0 Å². The summed E-state index contributed by atoms with van der Waals surface area (Å²) in [5.41, 5.74) is 4.22. The van der Waals surface area contributed by atoms with Crippen molar-refractivity contribution in [2.24, 2.45) is 0 Å². The SMILES string of the molecule is CCCCNC(=O)c1nc(C(=O)Nc2c(C)cccc2C(C)C)c2n1CCCC2. The van der Waals surface area contributed by atoms with Gasteiger partial charge in [0.2, 0.25) is 0 Å². The zero-order valence-electron chi connectivity index (χ0n) is 18.0. The summed E-state index contributed by atoms with van der Waals surface area (Å²) in [5, 5.41) is 6.02. The van der Waals surface area contributed by atoms with Crippen LogP contribution in [0.2, 0.25) is 0 Å². The van der Waals surface area contributed by atoms with E-state index in [0.29, 0.717) is 24.0 Å². The molecule has 0 saturated heterocycles. The molecule has 2 aromatic rings. The van der Waals surface area contributed by atoms with Gasteiger partial charge in [-0.3, -0.25) is 9.59 Å². The molecule has 0 fully saturated rings. The van der Waals surface area contributed by atoms with Crippen LogP contribution in [0.3, 0.4) is 0 Å². The van der Waals surface area contributed by atoms with Crippen molar-refractivity contribution < 1.29 is 9.59 Å². The number of carbonyl (C=O) groups excluding carboxylic acids is 2. The Balaban J connectivity index is 1.91. The number of carbonyl (C=O) groups is 2. The molecule has 0 bridgehead atoms. The number of fused-ring (bicyclic) bond motifs is 1. The Labute approximate surface area is 173 Å². The Morgan fingerprint density at radius 2 is 2.00 bits per heavy atom. The van der Waals surface area contributed by atoms with E-state index >= 15 is 0 Å². The normalized spacial score (nSPS) is 13.3. The van der Waals surface area contributed by atoms with Crippen LogP contribution in [-0.2, 0) is 13.0 Å². The van der Waals surface area contributed by atoms with Crippen LogP contribution < -0.4 is 10.6 Å². The number of anilines is 1. The van der Waals surface area contributed by atoms with Gasteiger partial charge in [-0.1, -0.05) is 45.4 Å². The highest BCUT2D eigenvalue weighted by Crippen LogP contribution is 2.29. The quantitative estimate of drug-likeness (QED) is 0.680. The van der Waals surface area contributed by atoms with Crippen molar-refractivity contribution in [1.82, 2.24) is 14.9 Å². The number of benzene rings is 1. The first-order valence-corrected chi connectivity index (χ1v) is 10.7. The number of rotatable bonds is 7. The van der Waals surface area contributed by atoms with E-state index in [1.54, 1.807) is 0 Å². The number of hydrogen-bond acceptors (Lipinski definition) is 3. The van der Waals surface area contributed by atoms with Gasteiger partial charge in [-0.25, -0.2) is 4.98 Å². The molecule has 1 aliphatic heterocycles. The number of hydrogen-bond donors (Lipinski definition) is 2. The van der Waals surface area contributed by atoms with E-state index in [1.165, 1.54) is 0 Å². The number of imidazole rings is 1. The van der Waals surface area contributed by atoms with E-state index in [4.69, 9.17) is 0 Å². The molecule has 2 N–H and O–H groups in total. The van der Waals surface area contributed by atoms with Crippen molar-refractivity contribution in [2.75, 3.05) is 11.9 Å². The number of nitrogens with one attached hydrogen (secondary N) is 2. The van der Waals surface area contributed by atoms with Crippen LogP contribution >= 0.6 is 0 Å². The summed E-state index contributed by atoms with van der Waals surface area (Å²) in [5.74, 6) is 0.217. The lowest BCUT2D eigenvalue weighted by Gasteiger charge is -2.18. The second kappa shape index (κ2) is 9.25. The lowest BCUT2D eigenvalue weighted by molar-refractivity contribution is 0.0937. The second-order valence-electron chi connectivity index (χ2n) is 8.10. The van der Waals surface area contributed by atoms with Gasteiger partial charge in [-0.05, 0) is 49.7 Å². The predicted molar refractivity (Wildman–Crippen MR) is 116 cm³/mol. The molecule has 0 spiro atoms. The van der Waals surface area contributed by atoms with E-state index in [0.717, 1.165) is 61.2 Å². The molecular formula is C23H32N4O2. The first kappa shape index (κ1) is 21.1. The maximum Gasteiger partial charge on any atom is 0.287 e. The van der Waals surface area contributed by atoms with Crippen LogP contribution in [0.25, 0.3) is 0 Å². The molecular weight excluding hydrogens is 364 g/mol. The minimum Gasteiger partial charge on any atom is -0.349 e. The lowest BCUT2D eigenvalue weighted by Crippen LogP contribution is -2.28. The van der Waals surface area contributed by atoms with Crippen LogP contribution in [0.4, 0.5) is 5.69 Å². The molecule has 3 rings (SSSR count). The summed E-state index contributed by atoms with van der Waals surface area (Å²) in [6.45, 7) is 9.66. The molecule has 6 heteroatoms. The van der Waals surface area contributed by atoms with Gasteiger partial charge in [0.1, 0.15) is 0 Å². The van der Waals surface area contributed by atoms with Gasteiger partial charge < -0.3 is 15.2 Å². The highest BCUT2D eigenvalue weighted by Gasteiger charge is 2.28. The topological polar surface area (TPSA) is 76.0 Å². The molecule has 29 heavy (non-hydrogen) atoms. The third kappa shape index (κ3) is 4.52. The molecule has 0 aliphatic carbocycles. The van der Waals surface area contributed by atoms with Crippen LogP contribution in [0, 0.1) is 6.92 Å². The van der Waals surface area contributed by atoms with Crippen LogP contribution in [0.5, 0.6) is 0 Å². The fourth-order valence-corrected chi connectivity index (χ4v) is 3.87. The lowest BCUT2D eigenvalue weighted by atomic mass is 9.98. The average molecular weight is 397 g/mol. The van der Waals surface area contributed by atoms with Gasteiger partial charge in [0.25, 0.3) is 11.8 Å². The third-order valence-electron chi connectivity index (χ3n) is 5.52. The Hall–Kier alpha value is -2.63. The van der Waals surface area contributed by atoms with Gasteiger partial charge >= 0.3 is 0 Å². The average Bonchev–Trinajstić information content (AvgIpc) is 3.09. The maximum atomic E-state index is 13.2. The highest BCUT2D eigenvalue weighted by molar-refractivity contribution is 6.05. The summed E-state index contributed by atoms with van der Waals surface area (Å²) in [6, 6.07) is 6.05. The van der Waals surface area contributed by atoms with Crippen molar-refractivity contribution >= 4 is 17.5 Å². The van der Waals surface area contributed by atoms with E-state index in [-0.39, 0.29) is 11.8 Å². The first-order valence-electron chi connectivity index (χ1n) is 10.7. The van der Waals surface area contributed by atoms with Crippen molar-refractivity contribution in [3.63, 3.8) is 0 Å². The van der Waals surface area contributed by atoms with Crippen molar-refractivity contribution in [1.29, 1.82) is 0 Å². The van der Waals surface area contributed by atoms with E-state index in [1.807, 2.05) is 29.7 Å². The van der Waals surface area contributed by atoms with Crippen molar-refractivity contribution in [3.05, 3.63) is 46.5 Å². The first-order chi connectivity index (χ1) is 13.9. The molecule has 0 radical (unpaired) electrons. The summed E-state index contributed by atoms with van der Waals surface area (Å²) < 4.78 is 1.93. The van der Waals surface area contributed by atoms with Gasteiger partial charge in [0, 0.05) is 18.8 Å². The fraction of sp³-hybridized carbons (Fsp3) is 0.522. The molecule has 1 aromatic carbocycles. The van der Waals surface area contributed by atoms with E-state index in [9.17, 15) is 9.59 Å². The smallest absolute Gasteiger partial charge is 0.287 e. The molecule has 2 amide bonds. The molecule has 1 aromatic heterocycles. The predicted octanol–water partition coefficient (Wildman–Crippen LogP) is 4.43. The Kier molecular flexibility index (Phi) is 6.72. The summed E-state index contributed by atoms with van der Waals surface area (Å²) >= 11 is 0. The largest absolute Gasteiger partial charge is 0.349 e. The van der Waals surface area contributed by atoms with Crippen LogP contribution in [-0.4, -0.2) is 27.9 Å². The number of unbranched alkanes of at least 4 members (excludes halogenated alkanes) is 1. The number of nitrogens with zero attached hydrogens (tertiary/aromatic N) is 2. The number of aryl methyl sites for hydroxylation is 1. The molecule has 0 saturated carbocycles. The zero-order valence-corrected chi connectivity index (χ0v) is 18.0. The zero-order chi connectivity index (χ0) is 21.0. The van der Waals surface area contributed by atoms with Gasteiger partial charge in [0.05, 0.1) is 5.69 Å². The van der Waals surface area contributed by atoms with Gasteiger partial charge in [0.15, 0.2) is 11.5 Å². The van der Waals surface area contributed by atoms with Crippen LogP contribution in [0.15, 0.2) is 18.2 Å². The number of amides is 2. The van der Waals surface area contributed by atoms with Gasteiger partial charge in [-0.15, -0.1) is 0 Å². The molecule has 2 heterocycles. The molecule has 156 valence electrons. The summed E-state index contributed by atoms with van der Waals surface area (Å²) in [7, 11) is 0. The van der Waals surface area contributed by atoms with E-state index in [2.05, 4.69) is 36.4 Å². The minimum absolute atomic E-state index is 0.195. The number of para-hydroxylation sites is 1. The Morgan fingerprint density at radius 3 is 2.72 bits per heavy atom. The second-order valence-corrected chi connectivity index (χ2v) is 8.10. The third-order valence-corrected chi connectivity index (χ3v) is 5.52. The maximum absolute atomic E-state index is 13.2. The Bertz CT molecular complexity index is 899. The standard InChI is InChI=1S/C23H32N4O2/c1-5-6-13-24-23(29)21-25-20(18-12-7-8-14-27(18)21)22(28)26-19-16(4)10-9-11-17(19)15(2)3/h9-11,15H,5-8,12-14H2,1-4H3,(H,24,29)(H,26,28). The molecule has 1 aliphatic rings. The molecule has 0 atom stereocenters. The minimum atomic E-state index is -0.237. The monoisotopic (exact) mass is 396 g/mol.